The van der Waals surface area contributed by atoms with Crippen molar-refractivity contribution in [3.63, 3.8) is 0 Å². The number of nitrogens with one attached hydrogen (secondary N) is 1. The molecule has 25 heavy (non-hydrogen) atoms. The minimum Gasteiger partial charge on any atom is -0.497 e. The molecule has 0 aromatic heterocycles. The fourth-order valence-electron chi connectivity index (χ4n) is 3.05. The first-order valence-electron chi connectivity index (χ1n) is 8.19. The van der Waals surface area contributed by atoms with Gasteiger partial charge in [0.2, 0.25) is 12.7 Å². The van der Waals surface area contributed by atoms with Crippen molar-refractivity contribution in [1.29, 1.82) is 0 Å². The molecule has 0 spiro atoms. The van der Waals surface area contributed by atoms with Crippen molar-refractivity contribution < 1.29 is 23.7 Å². The van der Waals surface area contributed by atoms with E-state index in [4.69, 9.17) is 18.9 Å². The fraction of sp³-hybridized carbons (Fsp3) is 0.316. The van der Waals surface area contributed by atoms with Gasteiger partial charge in [0.05, 0.1) is 13.0 Å². The van der Waals surface area contributed by atoms with Crippen molar-refractivity contribution in [3.8, 4) is 23.0 Å². The second-order valence-electron chi connectivity index (χ2n) is 6.09. The minimum atomic E-state index is -0.214. The first-order valence-corrected chi connectivity index (χ1v) is 8.19. The smallest absolute Gasteiger partial charge is 0.231 e. The van der Waals surface area contributed by atoms with Crippen molar-refractivity contribution in [2.24, 2.45) is 5.92 Å². The van der Waals surface area contributed by atoms with Crippen molar-refractivity contribution in [3.05, 3.63) is 47.5 Å². The van der Waals surface area contributed by atoms with Gasteiger partial charge in [-0.15, -0.1) is 0 Å². The monoisotopic (exact) mass is 341 g/mol. The SMILES string of the molecule is COc1ccc2c(c1)C[C@H](C(=O)NCc1ccc3c(c1)OCO3)CO2. The summed E-state index contributed by atoms with van der Waals surface area (Å²) in [6, 6.07) is 11.3. The second kappa shape index (κ2) is 6.55. The van der Waals surface area contributed by atoms with Crippen LogP contribution in [0.5, 0.6) is 23.0 Å². The second-order valence-corrected chi connectivity index (χ2v) is 6.09. The molecular weight excluding hydrogens is 322 g/mol. The van der Waals surface area contributed by atoms with Crippen molar-refractivity contribution in [2.45, 2.75) is 13.0 Å². The Hall–Kier alpha value is -2.89. The molecule has 0 saturated heterocycles. The van der Waals surface area contributed by atoms with Gasteiger partial charge in [0.1, 0.15) is 18.1 Å². The van der Waals surface area contributed by atoms with Crippen LogP contribution in [0.15, 0.2) is 36.4 Å². The maximum Gasteiger partial charge on any atom is 0.231 e. The molecule has 2 aliphatic rings. The van der Waals surface area contributed by atoms with E-state index >= 15 is 0 Å². The Morgan fingerprint density at radius 1 is 1.12 bits per heavy atom. The van der Waals surface area contributed by atoms with Gasteiger partial charge in [-0.1, -0.05) is 6.07 Å². The van der Waals surface area contributed by atoms with Crippen LogP contribution in [0.4, 0.5) is 0 Å². The molecule has 0 bridgehead atoms. The molecule has 1 amide bonds. The molecule has 4 rings (SSSR count). The minimum absolute atomic E-state index is 0.0221. The third-order valence-corrected chi connectivity index (χ3v) is 4.45. The zero-order valence-electron chi connectivity index (χ0n) is 13.9. The van der Waals surface area contributed by atoms with Crippen molar-refractivity contribution in [1.82, 2.24) is 5.32 Å². The van der Waals surface area contributed by atoms with Crippen LogP contribution < -0.4 is 24.3 Å². The molecule has 130 valence electrons. The highest BCUT2D eigenvalue weighted by Gasteiger charge is 2.26. The molecule has 1 N–H and O–H groups in total. The van der Waals surface area contributed by atoms with Gasteiger partial charge in [-0.3, -0.25) is 4.79 Å². The predicted octanol–water partition coefficient (Wildman–Crippen LogP) is 2.29. The van der Waals surface area contributed by atoms with Crippen LogP contribution in [0.3, 0.4) is 0 Å². The number of ether oxygens (including phenoxy) is 4. The number of carbonyl (C=O) groups is 1. The molecule has 2 aliphatic heterocycles. The maximum atomic E-state index is 12.5. The van der Waals surface area contributed by atoms with Crippen LogP contribution in [-0.4, -0.2) is 26.4 Å². The topological polar surface area (TPSA) is 66.0 Å². The molecule has 0 radical (unpaired) electrons. The van der Waals surface area contributed by atoms with Crippen LogP contribution in [0.2, 0.25) is 0 Å². The molecule has 0 saturated carbocycles. The third kappa shape index (κ3) is 3.20. The standard InChI is InChI=1S/C19H19NO5/c1-22-15-3-5-16-13(8-15)7-14(10-23-16)19(21)20-9-12-2-4-17-18(6-12)25-11-24-17/h2-6,8,14H,7,9-11H2,1H3,(H,20,21)/t14-/m0/s1. The summed E-state index contributed by atoms with van der Waals surface area (Å²) in [7, 11) is 1.63. The first kappa shape index (κ1) is 15.6. The predicted molar refractivity (Wildman–Crippen MR) is 90.1 cm³/mol. The average molecular weight is 341 g/mol. The molecule has 6 heteroatoms. The third-order valence-electron chi connectivity index (χ3n) is 4.45. The lowest BCUT2D eigenvalue weighted by Gasteiger charge is -2.25. The number of rotatable bonds is 4. The first-order chi connectivity index (χ1) is 12.2. The van der Waals surface area contributed by atoms with Crippen LogP contribution in [-0.2, 0) is 17.8 Å². The summed E-state index contributed by atoms with van der Waals surface area (Å²) in [5, 5.41) is 2.97. The molecule has 2 aromatic rings. The largest absolute Gasteiger partial charge is 0.497 e. The van der Waals surface area contributed by atoms with Crippen molar-refractivity contribution in [2.75, 3.05) is 20.5 Å². The quantitative estimate of drug-likeness (QED) is 0.924. The number of methoxy groups -OCH3 is 1. The highest BCUT2D eigenvalue weighted by Crippen LogP contribution is 2.33. The number of benzene rings is 2. The van der Waals surface area contributed by atoms with Crippen LogP contribution in [0.1, 0.15) is 11.1 Å². The van der Waals surface area contributed by atoms with E-state index in [2.05, 4.69) is 5.32 Å². The molecule has 1 atom stereocenters. The number of carbonyl (C=O) groups excluding carboxylic acids is 1. The number of hydrogen-bond acceptors (Lipinski definition) is 5. The molecular formula is C19H19NO5. The highest BCUT2D eigenvalue weighted by molar-refractivity contribution is 5.79. The lowest BCUT2D eigenvalue weighted by molar-refractivity contribution is -0.126. The maximum absolute atomic E-state index is 12.5. The van der Waals surface area contributed by atoms with Gasteiger partial charge in [0.25, 0.3) is 0 Å². The van der Waals surface area contributed by atoms with Gasteiger partial charge in [-0.25, -0.2) is 0 Å². The van der Waals surface area contributed by atoms with Gasteiger partial charge >= 0.3 is 0 Å². The molecule has 0 aliphatic carbocycles. The fourth-order valence-corrected chi connectivity index (χ4v) is 3.05. The summed E-state index contributed by atoms with van der Waals surface area (Å²) < 4.78 is 21.6. The van der Waals surface area contributed by atoms with Gasteiger partial charge in [0, 0.05) is 6.54 Å². The van der Waals surface area contributed by atoms with Gasteiger partial charge < -0.3 is 24.3 Å². The lowest BCUT2D eigenvalue weighted by Crippen LogP contribution is -2.37. The molecule has 2 heterocycles. The van der Waals surface area contributed by atoms with Gasteiger partial charge in [-0.05, 0) is 47.9 Å². The van der Waals surface area contributed by atoms with E-state index < -0.39 is 0 Å². The van der Waals surface area contributed by atoms with E-state index in [0.29, 0.717) is 25.3 Å². The Balaban J connectivity index is 1.38. The van der Waals surface area contributed by atoms with Crippen LogP contribution in [0.25, 0.3) is 0 Å². The molecule has 0 unspecified atom stereocenters. The number of amides is 1. The summed E-state index contributed by atoms with van der Waals surface area (Å²) in [6.45, 7) is 1.07. The number of hydrogen-bond donors (Lipinski definition) is 1. The summed E-state index contributed by atoms with van der Waals surface area (Å²) in [4.78, 5) is 12.5. The molecule has 0 fully saturated rings. The summed E-state index contributed by atoms with van der Waals surface area (Å²) in [6.07, 6.45) is 0.638. The summed E-state index contributed by atoms with van der Waals surface area (Å²) >= 11 is 0. The van der Waals surface area contributed by atoms with Crippen molar-refractivity contribution >= 4 is 5.91 Å². The Labute approximate surface area is 145 Å². The van der Waals surface area contributed by atoms with Gasteiger partial charge in [-0.2, -0.15) is 0 Å². The lowest BCUT2D eigenvalue weighted by atomic mass is 9.95. The van der Waals surface area contributed by atoms with E-state index in [-0.39, 0.29) is 18.6 Å². The van der Waals surface area contributed by atoms with E-state index in [0.717, 1.165) is 28.4 Å². The van der Waals surface area contributed by atoms with E-state index in [1.807, 2.05) is 36.4 Å². The highest BCUT2D eigenvalue weighted by atomic mass is 16.7. The molecule has 2 aromatic carbocycles. The Kier molecular flexibility index (Phi) is 4.09. The number of fused-ring (bicyclic) bond motifs is 2. The van der Waals surface area contributed by atoms with E-state index in [9.17, 15) is 4.79 Å². The zero-order valence-corrected chi connectivity index (χ0v) is 13.9. The normalized spacial score (nSPS) is 17.4. The Bertz CT molecular complexity index is 804. The summed E-state index contributed by atoms with van der Waals surface area (Å²) in [5.41, 5.74) is 1.96. The molecule has 6 nitrogen and oxygen atoms in total. The van der Waals surface area contributed by atoms with Gasteiger partial charge in [0.15, 0.2) is 11.5 Å². The average Bonchev–Trinajstić information content (AvgIpc) is 3.13. The zero-order chi connectivity index (χ0) is 17.2. The Morgan fingerprint density at radius 2 is 1.96 bits per heavy atom. The van der Waals surface area contributed by atoms with E-state index in [1.54, 1.807) is 7.11 Å². The summed E-state index contributed by atoms with van der Waals surface area (Å²) in [5.74, 6) is 2.80. The van der Waals surface area contributed by atoms with Crippen LogP contribution >= 0.6 is 0 Å². The van der Waals surface area contributed by atoms with Crippen LogP contribution in [0, 0.1) is 5.92 Å². The van der Waals surface area contributed by atoms with E-state index in [1.165, 1.54) is 0 Å². The Morgan fingerprint density at radius 3 is 2.84 bits per heavy atom.